The molecule has 10 heteroatoms. The molecule has 0 aromatic heterocycles. The molecule has 1 atom stereocenters. The monoisotopic (exact) mass is 414 g/mol. The van der Waals surface area contributed by atoms with Gasteiger partial charge >= 0.3 is 6.18 Å². The van der Waals surface area contributed by atoms with E-state index in [1.54, 1.807) is 0 Å². The number of benzene rings is 1. The number of halogens is 3. The molecule has 29 heavy (non-hydrogen) atoms. The van der Waals surface area contributed by atoms with Crippen LogP contribution in [0.5, 0.6) is 0 Å². The molecule has 1 saturated heterocycles. The van der Waals surface area contributed by atoms with Gasteiger partial charge in [0.05, 0.1) is 23.9 Å². The van der Waals surface area contributed by atoms with Gasteiger partial charge in [-0.25, -0.2) is 0 Å². The van der Waals surface area contributed by atoms with E-state index < -0.39 is 29.6 Å². The fourth-order valence-electron chi connectivity index (χ4n) is 3.23. The molecule has 1 heterocycles. The number of morpholine rings is 1. The van der Waals surface area contributed by atoms with Crippen LogP contribution < -0.4 is 21.3 Å². The molecule has 2 fully saturated rings. The number of nitrogens with two attached hydrogens (primary N) is 1. The van der Waals surface area contributed by atoms with Crippen LogP contribution in [0.1, 0.15) is 24.8 Å². The van der Waals surface area contributed by atoms with Crippen molar-refractivity contribution >= 4 is 23.2 Å². The number of anilines is 2. The van der Waals surface area contributed by atoms with Gasteiger partial charge in [0.15, 0.2) is 0 Å². The number of rotatable bonds is 8. The Balaban J connectivity index is 1.73. The van der Waals surface area contributed by atoms with E-state index in [0.29, 0.717) is 12.5 Å². The number of carbonyl (C=O) groups is 2. The van der Waals surface area contributed by atoms with Crippen molar-refractivity contribution in [3.05, 3.63) is 23.8 Å². The van der Waals surface area contributed by atoms with Gasteiger partial charge in [0.1, 0.15) is 6.61 Å². The van der Waals surface area contributed by atoms with Crippen molar-refractivity contribution in [2.75, 3.05) is 43.1 Å². The summed E-state index contributed by atoms with van der Waals surface area (Å²) in [5.41, 5.74) is 4.39. The van der Waals surface area contributed by atoms with Crippen LogP contribution in [0.2, 0.25) is 0 Å². The summed E-state index contributed by atoms with van der Waals surface area (Å²) in [6.45, 7) is 0.593. The van der Waals surface area contributed by atoms with Gasteiger partial charge in [0.2, 0.25) is 5.91 Å². The summed E-state index contributed by atoms with van der Waals surface area (Å²) >= 11 is 0. The minimum absolute atomic E-state index is 0.00535. The molecular formula is C19H25F3N4O3. The van der Waals surface area contributed by atoms with Crippen LogP contribution in [0, 0.1) is 5.92 Å². The minimum atomic E-state index is -4.69. The van der Waals surface area contributed by atoms with E-state index >= 15 is 0 Å². The van der Waals surface area contributed by atoms with Crippen molar-refractivity contribution < 1.29 is 27.5 Å². The third-order valence-electron chi connectivity index (χ3n) is 5.04. The summed E-state index contributed by atoms with van der Waals surface area (Å²) in [5.74, 6) is -0.345. The van der Waals surface area contributed by atoms with Gasteiger partial charge in [-0.1, -0.05) is 12.8 Å². The zero-order valence-corrected chi connectivity index (χ0v) is 15.9. The van der Waals surface area contributed by atoms with E-state index in [1.807, 2.05) is 0 Å². The highest BCUT2D eigenvalue weighted by molar-refractivity contribution is 5.98. The largest absolute Gasteiger partial charge is 0.418 e. The molecule has 1 saturated carbocycles. The van der Waals surface area contributed by atoms with E-state index in [9.17, 15) is 22.8 Å². The van der Waals surface area contributed by atoms with E-state index in [-0.39, 0.29) is 37.7 Å². The van der Waals surface area contributed by atoms with Crippen molar-refractivity contribution in [2.24, 2.45) is 11.7 Å². The van der Waals surface area contributed by atoms with Crippen LogP contribution in [0.25, 0.3) is 0 Å². The summed E-state index contributed by atoms with van der Waals surface area (Å²) in [6.07, 6.45) is -1.35. The van der Waals surface area contributed by atoms with Crippen molar-refractivity contribution in [3.8, 4) is 0 Å². The molecule has 0 radical (unpaired) electrons. The maximum atomic E-state index is 13.6. The Labute approximate surface area is 166 Å². The topological polar surface area (TPSA) is 96.7 Å². The summed E-state index contributed by atoms with van der Waals surface area (Å²) in [7, 11) is 0. The second kappa shape index (κ2) is 9.10. The van der Waals surface area contributed by atoms with Crippen LogP contribution in [-0.4, -0.2) is 50.7 Å². The molecule has 2 aliphatic rings. The van der Waals surface area contributed by atoms with Crippen molar-refractivity contribution in [2.45, 2.75) is 31.5 Å². The number of carbonyl (C=O) groups excluding carboxylic acids is 2. The molecule has 4 N–H and O–H groups in total. The standard InChI is InChI=1S/C19H25F3N4O3/c20-19(21,22)14-9-13(3-4-16(14)26-7-8-29-11-17(26)27)25-18(28)15(10-23)24-6-5-12-1-2-12/h3-4,9,12,15,24H,1-2,5-8,10-11,23H2,(H,25,28)/t15-/m1/s1. The van der Waals surface area contributed by atoms with Crippen LogP contribution in [0.4, 0.5) is 24.5 Å². The van der Waals surface area contributed by atoms with E-state index in [2.05, 4.69) is 10.6 Å². The molecule has 1 aliphatic heterocycles. The Morgan fingerprint density at radius 2 is 2.10 bits per heavy atom. The number of hydrogen-bond acceptors (Lipinski definition) is 5. The summed E-state index contributed by atoms with van der Waals surface area (Å²) < 4.78 is 45.8. The molecule has 0 spiro atoms. The Morgan fingerprint density at radius 1 is 1.34 bits per heavy atom. The molecule has 1 aromatic carbocycles. The van der Waals surface area contributed by atoms with Gasteiger partial charge in [-0.3, -0.25) is 9.59 Å². The second-order valence-electron chi connectivity index (χ2n) is 7.29. The van der Waals surface area contributed by atoms with Crippen LogP contribution in [0.3, 0.4) is 0 Å². The molecular weight excluding hydrogens is 389 g/mol. The highest BCUT2D eigenvalue weighted by Gasteiger charge is 2.37. The van der Waals surface area contributed by atoms with Crippen LogP contribution >= 0.6 is 0 Å². The average Bonchev–Trinajstić information content (AvgIpc) is 3.49. The number of alkyl halides is 3. The molecule has 1 aromatic rings. The number of nitrogens with zero attached hydrogens (tertiary/aromatic N) is 1. The Bertz CT molecular complexity index is 753. The van der Waals surface area contributed by atoms with Gasteiger partial charge in [0.25, 0.3) is 5.91 Å². The molecule has 3 rings (SSSR count). The SMILES string of the molecule is NC[C@@H](NCCC1CC1)C(=O)Nc1ccc(N2CCOCC2=O)c(C(F)(F)F)c1. The molecule has 0 unspecified atom stereocenters. The number of nitrogens with one attached hydrogen (secondary N) is 2. The Kier molecular flexibility index (Phi) is 6.76. The number of ether oxygens (including phenoxy) is 1. The number of hydrogen-bond donors (Lipinski definition) is 3. The van der Waals surface area contributed by atoms with Crippen molar-refractivity contribution in [1.82, 2.24) is 5.32 Å². The lowest BCUT2D eigenvalue weighted by Gasteiger charge is -2.29. The molecule has 2 amide bonds. The van der Waals surface area contributed by atoms with Gasteiger partial charge in [-0.15, -0.1) is 0 Å². The summed E-state index contributed by atoms with van der Waals surface area (Å²) in [6, 6.07) is 2.69. The highest BCUT2D eigenvalue weighted by atomic mass is 19.4. The highest BCUT2D eigenvalue weighted by Crippen LogP contribution is 2.38. The van der Waals surface area contributed by atoms with Gasteiger partial charge in [0, 0.05) is 18.8 Å². The number of amides is 2. The van der Waals surface area contributed by atoms with Crippen molar-refractivity contribution in [3.63, 3.8) is 0 Å². The Morgan fingerprint density at radius 3 is 2.72 bits per heavy atom. The minimum Gasteiger partial charge on any atom is -0.370 e. The predicted molar refractivity (Wildman–Crippen MR) is 101 cm³/mol. The quantitative estimate of drug-likeness (QED) is 0.602. The van der Waals surface area contributed by atoms with Gasteiger partial charge < -0.3 is 26.0 Å². The van der Waals surface area contributed by atoms with Crippen molar-refractivity contribution in [1.29, 1.82) is 0 Å². The first kappa shape index (κ1) is 21.5. The summed E-state index contributed by atoms with van der Waals surface area (Å²) in [5, 5.41) is 5.54. The maximum absolute atomic E-state index is 13.6. The maximum Gasteiger partial charge on any atom is 0.418 e. The predicted octanol–water partition coefficient (Wildman–Crippen LogP) is 1.72. The van der Waals surface area contributed by atoms with E-state index in [0.717, 1.165) is 17.4 Å². The summed E-state index contributed by atoms with van der Waals surface area (Å²) in [4.78, 5) is 25.4. The van der Waals surface area contributed by atoms with Crippen LogP contribution in [0.15, 0.2) is 18.2 Å². The van der Waals surface area contributed by atoms with Crippen LogP contribution in [-0.2, 0) is 20.5 Å². The lowest BCUT2D eigenvalue weighted by atomic mass is 10.1. The van der Waals surface area contributed by atoms with E-state index in [1.165, 1.54) is 25.0 Å². The van der Waals surface area contributed by atoms with Gasteiger partial charge in [-0.05, 0) is 37.1 Å². The first-order chi connectivity index (χ1) is 13.8. The lowest BCUT2D eigenvalue weighted by molar-refractivity contribution is -0.137. The second-order valence-corrected chi connectivity index (χ2v) is 7.29. The fourth-order valence-corrected chi connectivity index (χ4v) is 3.23. The third-order valence-corrected chi connectivity index (χ3v) is 5.04. The molecule has 1 aliphatic carbocycles. The average molecular weight is 414 g/mol. The third kappa shape index (κ3) is 5.68. The first-order valence-corrected chi connectivity index (χ1v) is 9.63. The van der Waals surface area contributed by atoms with Gasteiger partial charge in [-0.2, -0.15) is 13.2 Å². The smallest absolute Gasteiger partial charge is 0.370 e. The zero-order valence-electron chi connectivity index (χ0n) is 15.9. The zero-order chi connectivity index (χ0) is 21.0. The normalized spacial score (nSPS) is 18.6. The first-order valence-electron chi connectivity index (χ1n) is 9.63. The molecule has 7 nitrogen and oxygen atoms in total. The van der Waals surface area contributed by atoms with E-state index in [4.69, 9.17) is 10.5 Å². The Hall–Kier alpha value is -2.17. The molecule has 160 valence electrons. The molecule has 0 bridgehead atoms. The fraction of sp³-hybridized carbons (Fsp3) is 0.579. The lowest BCUT2D eigenvalue weighted by Crippen LogP contribution is -2.46.